The van der Waals surface area contributed by atoms with Gasteiger partial charge >= 0.3 is 11.9 Å². The molecule has 0 saturated heterocycles. The number of rotatable bonds is 6. The van der Waals surface area contributed by atoms with Gasteiger partial charge < -0.3 is 16.0 Å². The number of imidazole rings is 1. The van der Waals surface area contributed by atoms with Crippen molar-refractivity contribution in [2.24, 2.45) is 12.8 Å². The molecule has 2 aromatic heterocycles. The summed E-state index contributed by atoms with van der Waals surface area (Å²) in [6.45, 7) is 0.449. The number of benzene rings is 1. The van der Waals surface area contributed by atoms with Crippen molar-refractivity contribution in [1.29, 1.82) is 0 Å². The predicted octanol–water partition coefficient (Wildman–Crippen LogP) is 1.92. The van der Waals surface area contributed by atoms with Crippen LogP contribution in [-0.2, 0) is 19.6 Å². The van der Waals surface area contributed by atoms with Crippen LogP contribution in [0.2, 0.25) is 0 Å². The Labute approximate surface area is 179 Å². The molecule has 0 fully saturated rings. The fourth-order valence-electron chi connectivity index (χ4n) is 3.57. The first-order valence-corrected chi connectivity index (χ1v) is 10.6. The SMILES string of the molecule is Cn1c(=O)[nH]c2c1=CC(c1cnc(NC[C@@H](N)Cc3ccc(C(F)(F)F)cc3)s1)CC=2. The smallest absolute Gasteiger partial charge is 0.360 e. The lowest BCUT2D eigenvalue weighted by Crippen LogP contribution is -2.33. The van der Waals surface area contributed by atoms with E-state index in [1.807, 2.05) is 12.3 Å². The third-order valence-electron chi connectivity index (χ3n) is 5.30. The largest absolute Gasteiger partial charge is 0.416 e. The van der Waals surface area contributed by atoms with Gasteiger partial charge in [-0.2, -0.15) is 13.2 Å². The molecule has 0 radical (unpaired) electrons. The molecule has 164 valence electrons. The molecule has 31 heavy (non-hydrogen) atoms. The molecule has 0 bridgehead atoms. The number of nitrogens with one attached hydrogen (secondary N) is 2. The summed E-state index contributed by atoms with van der Waals surface area (Å²) in [5, 5.41) is 5.67. The molecule has 4 rings (SSSR count). The van der Waals surface area contributed by atoms with Crippen molar-refractivity contribution in [2.45, 2.75) is 31.0 Å². The third-order valence-corrected chi connectivity index (χ3v) is 6.39. The van der Waals surface area contributed by atoms with Gasteiger partial charge in [0.1, 0.15) is 0 Å². The van der Waals surface area contributed by atoms with Crippen molar-refractivity contribution in [2.75, 3.05) is 11.9 Å². The van der Waals surface area contributed by atoms with Crippen molar-refractivity contribution >= 4 is 28.6 Å². The van der Waals surface area contributed by atoms with Crippen LogP contribution < -0.4 is 27.4 Å². The van der Waals surface area contributed by atoms with E-state index in [1.165, 1.54) is 23.5 Å². The van der Waals surface area contributed by atoms with Crippen LogP contribution in [0.5, 0.6) is 0 Å². The van der Waals surface area contributed by atoms with Crippen molar-refractivity contribution < 1.29 is 13.2 Å². The van der Waals surface area contributed by atoms with Crippen molar-refractivity contribution in [3.05, 3.63) is 67.6 Å². The maximum atomic E-state index is 12.7. The maximum Gasteiger partial charge on any atom is 0.416 e. The van der Waals surface area contributed by atoms with Gasteiger partial charge in [0, 0.05) is 36.6 Å². The molecule has 4 N–H and O–H groups in total. The number of aromatic nitrogens is 3. The molecule has 1 aromatic carbocycles. The molecule has 10 heteroatoms. The number of nitrogens with two attached hydrogens (primary N) is 1. The average molecular weight is 450 g/mol. The van der Waals surface area contributed by atoms with Crippen LogP contribution in [0.15, 0.2) is 35.3 Å². The van der Waals surface area contributed by atoms with Crippen molar-refractivity contribution in [3.8, 4) is 0 Å². The Kier molecular flexibility index (Phi) is 5.76. The third kappa shape index (κ3) is 4.75. The quantitative estimate of drug-likeness (QED) is 0.537. The van der Waals surface area contributed by atoms with Crippen LogP contribution in [-0.4, -0.2) is 27.1 Å². The second-order valence-electron chi connectivity index (χ2n) is 7.61. The fraction of sp³-hybridized carbons (Fsp3) is 0.333. The number of H-pyrrole nitrogens is 1. The highest BCUT2D eigenvalue weighted by atomic mass is 32.1. The summed E-state index contributed by atoms with van der Waals surface area (Å²) in [5.74, 6) is 0.141. The zero-order valence-corrected chi connectivity index (χ0v) is 17.6. The molecule has 6 nitrogen and oxygen atoms in total. The Morgan fingerprint density at radius 2 is 2.10 bits per heavy atom. The van der Waals surface area contributed by atoms with E-state index in [0.717, 1.165) is 44.8 Å². The number of alkyl halides is 3. The molecular formula is C21H22F3N5OS. The monoisotopic (exact) mass is 449 g/mol. The minimum absolute atomic E-state index is 0.133. The molecule has 1 aliphatic carbocycles. The van der Waals surface area contributed by atoms with Crippen molar-refractivity contribution in [1.82, 2.24) is 14.5 Å². The Bertz CT molecular complexity index is 1240. The van der Waals surface area contributed by atoms with Gasteiger partial charge in [-0.15, -0.1) is 11.3 Å². The zero-order valence-electron chi connectivity index (χ0n) is 16.7. The van der Waals surface area contributed by atoms with Gasteiger partial charge in [-0.05, 0) is 36.6 Å². The number of fused-ring (bicyclic) bond motifs is 1. The molecule has 0 amide bonds. The molecule has 1 aliphatic rings. The summed E-state index contributed by atoms with van der Waals surface area (Å²) in [6, 6.07) is 4.80. The minimum atomic E-state index is -4.34. The standard InChI is InChI=1S/C21H22F3N5OS/c1-29-17-9-13(4-7-16(17)28-20(29)30)18-11-27-19(31-18)26-10-15(25)8-12-2-5-14(6-3-12)21(22,23)24/h2-3,5-7,9,11,13,15H,4,8,10,25H2,1H3,(H,26,27)(H,28,30)/t13?,15-/m0/s1. The molecule has 3 aromatic rings. The van der Waals surface area contributed by atoms with E-state index in [0.29, 0.717) is 13.0 Å². The minimum Gasteiger partial charge on any atom is -0.360 e. The van der Waals surface area contributed by atoms with E-state index >= 15 is 0 Å². The first kappa shape index (κ1) is 21.4. The molecule has 0 saturated carbocycles. The maximum absolute atomic E-state index is 12.7. The lowest BCUT2D eigenvalue weighted by atomic mass is 10.0. The Balaban J connectivity index is 1.35. The molecule has 0 spiro atoms. The van der Waals surface area contributed by atoms with Crippen molar-refractivity contribution in [3.63, 3.8) is 0 Å². The van der Waals surface area contributed by atoms with Crippen LogP contribution in [0.4, 0.5) is 18.3 Å². The number of hydrogen-bond donors (Lipinski definition) is 3. The number of hydrogen-bond acceptors (Lipinski definition) is 5. The summed E-state index contributed by atoms with van der Waals surface area (Å²) in [5.41, 5.74) is 6.10. The molecule has 2 heterocycles. The molecule has 2 atom stereocenters. The second-order valence-corrected chi connectivity index (χ2v) is 8.67. The average Bonchev–Trinajstić information content (AvgIpc) is 3.31. The van der Waals surface area contributed by atoms with Gasteiger partial charge in [-0.25, -0.2) is 9.78 Å². The highest BCUT2D eigenvalue weighted by molar-refractivity contribution is 7.15. The van der Waals surface area contributed by atoms with Crippen LogP contribution in [0.25, 0.3) is 12.2 Å². The molecule has 1 unspecified atom stereocenters. The van der Waals surface area contributed by atoms with Crippen LogP contribution in [0.1, 0.15) is 28.3 Å². The van der Waals surface area contributed by atoms with Gasteiger partial charge in [-0.1, -0.05) is 18.2 Å². The lowest BCUT2D eigenvalue weighted by Gasteiger charge is -2.13. The van der Waals surface area contributed by atoms with E-state index in [2.05, 4.69) is 21.4 Å². The summed E-state index contributed by atoms with van der Waals surface area (Å²) < 4.78 is 39.6. The number of aromatic amines is 1. The number of anilines is 1. The van der Waals surface area contributed by atoms with Gasteiger partial charge in [0.25, 0.3) is 0 Å². The predicted molar refractivity (Wildman–Crippen MR) is 115 cm³/mol. The van der Waals surface area contributed by atoms with E-state index < -0.39 is 11.7 Å². The first-order valence-electron chi connectivity index (χ1n) is 9.79. The van der Waals surface area contributed by atoms with E-state index in [4.69, 9.17) is 5.73 Å². The Hall–Kier alpha value is -2.85. The topological polar surface area (TPSA) is 88.7 Å². The fourth-order valence-corrected chi connectivity index (χ4v) is 4.48. The highest BCUT2D eigenvalue weighted by Crippen LogP contribution is 2.31. The molecular weight excluding hydrogens is 427 g/mol. The molecule has 0 aliphatic heterocycles. The number of thiazole rings is 1. The summed E-state index contributed by atoms with van der Waals surface area (Å²) in [6.07, 6.45) is 2.81. The summed E-state index contributed by atoms with van der Waals surface area (Å²) in [4.78, 5) is 20.1. The highest BCUT2D eigenvalue weighted by Gasteiger charge is 2.30. The lowest BCUT2D eigenvalue weighted by molar-refractivity contribution is -0.137. The second kappa shape index (κ2) is 8.35. The van der Waals surface area contributed by atoms with E-state index in [9.17, 15) is 18.0 Å². The van der Waals surface area contributed by atoms with Gasteiger partial charge in [0.15, 0.2) is 5.13 Å². The van der Waals surface area contributed by atoms with E-state index in [1.54, 1.807) is 11.6 Å². The van der Waals surface area contributed by atoms with Gasteiger partial charge in [0.2, 0.25) is 0 Å². The van der Waals surface area contributed by atoms with Crippen LogP contribution in [0.3, 0.4) is 0 Å². The van der Waals surface area contributed by atoms with Crippen LogP contribution in [0, 0.1) is 0 Å². The summed E-state index contributed by atoms with van der Waals surface area (Å²) in [7, 11) is 1.74. The van der Waals surface area contributed by atoms with E-state index in [-0.39, 0.29) is 17.6 Å². The number of nitrogens with zero attached hydrogens (tertiary/aromatic N) is 2. The Morgan fingerprint density at radius 1 is 1.35 bits per heavy atom. The van der Waals surface area contributed by atoms with Gasteiger partial charge in [-0.3, -0.25) is 4.57 Å². The van der Waals surface area contributed by atoms with Crippen LogP contribution >= 0.6 is 11.3 Å². The summed E-state index contributed by atoms with van der Waals surface area (Å²) >= 11 is 1.53. The first-order chi connectivity index (χ1) is 14.7. The zero-order chi connectivity index (χ0) is 22.2. The Morgan fingerprint density at radius 3 is 2.81 bits per heavy atom. The number of halogens is 3. The normalized spacial score (nSPS) is 16.9. The van der Waals surface area contributed by atoms with Gasteiger partial charge in [0.05, 0.1) is 16.3 Å².